The number of benzene rings is 3. The highest BCUT2D eigenvalue weighted by atomic mass is 35.5. The smallest absolute Gasteiger partial charge is 0.338 e. The molecule has 0 saturated carbocycles. The third-order valence-corrected chi connectivity index (χ3v) is 4.99. The van der Waals surface area contributed by atoms with Gasteiger partial charge in [-0.15, -0.1) is 0 Å². The summed E-state index contributed by atoms with van der Waals surface area (Å²) in [4.78, 5) is 50.5. The number of hydrogen-bond donors (Lipinski definition) is 0. The fraction of sp³-hybridized carbons (Fsp3) is 0.0435. The van der Waals surface area contributed by atoms with Gasteiger partial charge >= 0.3 is 5.97 Å². The summed E-state index contributed by atoms with van der Waals surface area (Å²) in [5.74, 6) is -1.96. The maximum atomic E-state index is 12.5. The van der Waals surface area contributed by atoms with Crippen LogP contribution in [0.2, 0.25) is 5.02 Å². The van der Waals surface area contributed by atoms with Crippen molar-refractivity contribution in [3.05, 3.63) is 100 Å². The van der Waals surface area contributed by atoms with Crippen LogP contribution in [-0.4, -0.2) is 30.2 Å². The number of imide groups is 1. The predicted octanol–water partition coefficient (Wildman–Crippen LogP) is 4.18. The summed E-state index contributed by atoms with van der Waals surface area (Å²) in [6, 6.07) is 18.9. The third kappa shape index (κ3) is 3.49. The Morgan fingerprint density at radius 1 is 0.800 bits per heavy atom. The van der Waals surface area contributed by atoms with Crippen molar-refractivity contribution in [1.82, 2.24) is 0 Å². The minimum Gasteiger partial charge on any atom is -0.454 e. The Labute approximate surface area is 176 Å². The molecule has 0 spiro atoms. The number of halogens is 1. The molecule has 0 bridgehead atoms. The predicted molar refractivity (Wildman–Crippen MR) is 110 cm³/mol. The number of amides is 2. The van der Waals surface area contributed by atoms with Crippen LogP contribution >= 0.6 is 11.6 Å². The highest BCUT2D eigenvalue weighted by Gasteiger charge is 2.36. The van der Waals surface area contributed by atoms with Crippen molar-refractivity contribution >= 4 is 40.9 Å². The van der Waals surface area contributed by atoms with E-state index < -0.39 is 30.2 Å². The molecule has 148 valence electrons. The fourth-order valence-corrected chi connectivity index (χ4v) is 3.39. The van der Waals surface area contributed by atoms with Gasteiger partial charge in [0, 0.05) is 5.56 Å². The molecule has 0 aromatic heterocycles. The van der Waals surface area contributed by atoms with Crippen LogP contribution in [0.15, 0.2) is 72.8 Å². The molecule has 0 aliphatic carbocycles. The molecule has 1 aliphatic rings. The highest BCUT2D eigenvalue weighted by molar-refractivity contribution is 6.34. The summed E-state index contributed by atoms with van der Waals surface area (Å²) in [6.07, 6.45) is 0. The molecule has 0 saturated heterocycles. The van der Waals surface area contributed by atoms with Gasteiger partial charge in [-0.2, -0.15) is 0 Å². The summed E-state index contributed by atoms with van der Waals surface area (Å²) in [6.45, 7) is -0.456. The molecule has 30 heavy (non-hydrogen) atoms. The first-order valence-corrected chi connectivity index (χ1v) is 9.38. The number of carbonyl (C=O) groups excluding carboxylic acids is 4. The van der Waals surface area contributed by atoms with E-state index in [9.17, 15) is 19.2 Å². The monoisotopic (exact) mass is 419 g/mol. The number of esters is 1. The largest absolute Gasteiger partial charge is 0.454 e. The van der Waals surface area contributed by atoms with Crippen LogP contribution < -0.4 is 4.90 Å². The average Bonchev–Trinajstić information content (AvgIpc) is 3.02. The number of fused-ring (bicyclic) bond motifs is 1. The van der Waals surface area contributed by atoms with E-state index in [4.69, 9.17) is 16.3 Å². The van der Waals surface area contributed by atoms with E-state index in [0.29, 0.717) is 16.8 Å². The molecule has 0 atom stereocenters. The second-order valence-electron chi connectivity index (χ2n) is 6.52. The molecule has 0 N–H and O–H groups in total. The molecule has 1 heterocycles. The molecule has 7 heteroatoms. The normalized spacial score (nSPS) is 12.6. The Morgan fingerprint density at radius 2 is 1.37 bits per heavy atom. The molecule has 6 nitrogen and oxygen atoms in total. The molecule has 2 amide bonds. The molecule has 3 aromatic carbocycles. The standard InChI is InChI=1S/C23H14ClNO5/c24-19-8-4-3-7-18(19)20(26)13-30-23(29)14-9-11-15(12-10-14)25-21(27)16-5-1-2-6-17(16)22(25)28/h1-12H,13H2. The van der Waals surface area contributed by atoms with E-state index in [1.54, 1.807) is 48.5 Å². The number of hydrogen-bond acceptors (Lipinski definition) is 5. The second-order valence-corrected chi connectivity index (χ2v) is 6.92. The van der Waals surface area contributed by atoms with E-state index in [-0.39, 0.29) is 16.1 Å². The number of anilines is 1. The minimum atomic E-state index is -0.704. The summed E-state index contributed by atoms with van der Waals surface area (Å²) < 4.78 is 5.06. The molecule has 0 radical (unpaired) electrons. The van der Waals surface area contributed by atoms with Crippen molar-refractivity contribution in [2.45, 2.75) is 0 Å². The maximum Gasteiger partial charge on any atom is 0.338 e. The molecule has 4 rings (SSSR count). The topological polar surface area (TPSA) is 80.8 Å². The molecular weight excluding hydrogens is 406 g/mol. The lowest BCUT2D eigenvalue weighted by atomic mass is 10.1. The molecule has 1 aliphatic heterocycles. The zero-order chi connectivity index (χ0) is 21.3. The second kappa shape index (κ2) is 7.93. The lowest BCUT2D eigenvalue weighted by molar-refractivity contribution is 0.0475. The Bertz CT molecular complexity index is 1150. The van der Waals surface area contributed by atoms with Gasteiger partial charge in [-0.05, 0) is 48.5 Å². The van der Waals surface area contributed by atoms with Gasteiger partial charge in [-0.3, -0.25) is 14.4 Å². The Hall–Kier alpha value is -3.77. The van der Waals surface area contributed by atoms with Crippen molar-refractivity contribution in [2.75, 3.05) is 11.5 Å². The van der Waals surface area contributed by atoms with E-state index >= 15 is 0 Å². The van der Waals surface area contributed by atoms with Crippen LogP contribution in [-0.2, 0) is 4.74 Å². The van der Waals surface area contributed by atoms with Gasteiger partial charge < -0.3 is 4.74 Å². The van der Waals surface area contributed by atoms with Crippen LogP contribution in [0, 0.1) is 0 Å². The quantitative estimate of drug-likeness (QED) is 0.352. The van der Waals surface area contributed by atoms with E-state index in [2.05, 4.69) is 0 Å². The van der Waals surface area contributed by atoms with Crippen LogP contribution in [0.3, 0.4) is 0 Å². The average molecular weight is 420 g/mol. The van der Waals surface area contributed by atoms with Gasteiger partial charge in [0.05, 0.1) is 27.4 Å². The zero-order valence-corrected chi connectivity index (χ0v) is 16.3. The van der Waals surface area contributed by atoms with E-state index in [1.807, 2.05) is 0 Å². The van der Waals surface area contributed by atoms with Crippen LogP contribution in [0.25, 0.3) is 0 Å². The van der Waals surface area contributed by atoms with Crippen LogP contribution in [0.1, 0.15) is 41.4 Å². The zero-order valence-electron chi connectivity index (χ0n) is 15.5. The lowest BCUT2D eigenvalue weighted by Gasteiger charge is -2.14. The van der Waals surface area contributed by atoms with Crippen molar-refractivity contribution in [1.29, 1.82) is 0 Å². The van der Waals surface area contributed by atoms with Gasteiger partial charge in [0.15, 0.2) is 6.61 Å². The first-order chi connectivity index (χ1) is 14.5. The van der Waals surface area contributed by atoms with Crippen molar-refractivity contribution in [2.24, 2.45) is 0 Å². The van der Waals surface area contributed by atoms with Crippen molar-refractivity contribution < 1.29 is 23.9 Å². The SMILES string of the molecule is O=C(OCC(=O)c1ccccc1Cl)c1ccc(N2C(=O)c3ccccc3C2=O)cc1. The van der Waals surface area contributed by atoms with Gasteiger partial charge in [-0.25, -0.2) is 9.69 Å². The van der Waals surface area contributed by atoms with Crippen LogP contribution in [0.5, 0.6) is 0 Å². The number of rotatable bonds is 5. The lowest BCUT2D eigenvalue weighted by Crippen LogP contribution is -2.29. The van der Waals surface area contributed by atoms with Crippen molar-refractivity contribution in [3.8, 4) is 0 Å². The first kappa shape index (κ1) is 19.5. The highest BCUT2D eigenvalue weighted by Crippen LogP contribution is 2.28. The van der Waals surface area contributed by atoms with Crippen molar-refractivity contribution in [3.63, 3.8) is 0 Å². The van der Waals surface area contributed by atoms with Gasteiger partial charge in [0.25, 0.3) is 11.8 Å². The molecule has 0 unspecified atom stereocenters. The van der Waals surface area contributed by atoms with Gasteiger partial charge in [0.2, 0.25) is 5.78 Å². The fourth-order valence-electron chi connectivity index (χ4n) is 3.15. The number of ether oxygens (including phenoxy) is 1. The Balaban J connectivity index is 1.45. The summed E-state index contributed by atoms with van der Waals surface area (Å²) in [5.41, 5.74) is 1.47. The van der Waals surface area contributed by atoms with Crippen LogP contribution in [0.4, 0.5) is 5.69 Å². The summed E-state index contributed by atoms with van der Waals surface area (Å²) in [7, 11) is 0. The molecule has 0 fully saturated rings. The number of Topliss-reactive ketones (excluding diaryl/α,β-unsaturated/α-hetero) is 1. The number of carbonyl (C=O) groups is 4. The first-order valence-electron chi connectivity index (χ1n) is 9.00. The molecule has 3 aromatic rings. The number of nitrogens with zero attached hydrogens (tertiary/aromatic N) is 1. The minimum absolute atomic E-state index is 0.183. The Morgan fingerprint density at radius 3 is 1.97 bits per heavy atom. The maximum absolute atomic E-state index is 12.5. The van der Waals surface area contributed by atoms with Gasteiger partial charge in [-0.1, -0.05) is 35.9 Å². The molecular formula is C23H14ClNO5. The third-order valence-electron chi connectivity index (χ3n) is 4.66. The van der Waals surface area contributed by atoms with Gasteiger partial charge in [0.1, 0.15) is 0 Å². The summed E-state index contributed by atoms with van der Waals surface area (Å²) in [5, 5.41) is 0.281. The van der Waals surface area contributed by atoms with E-state index in [1.165, 1.54) is 24.3 Å². The Kier molecular flexibility index (Phi) is 5.16. The summed E-state index contributed by atoms with van der Waals surface area (Å²) >= 11 is 5.97. The number of ketones is 1. The van der Waals surface area contributed by atoms with E-state index in [0.717, 1.165) is 4.90 Å².